The van der Waals surface area contributed by atoms with Gasteiger partial charge in [-0.1, -0.05) is 0 Å². The second-order valence-corrected chi connectivity index (χ2v) is 4.11. The van der Waals surface area contributed by atoms with Crippen molar-refractivity contribution in [3.8, 4) is 11.4 Å². The Balaban J connectivity index is 2.06. The Kier molecular flexibility index (Phi) is 1.89. The monoisotopic (exact) mass is 216 g/mol. The molecule has 1 aromatic heterocycles. The summed E-state index contributed by atoms with van der Waals surface area (Å²) in [5.41, 5.74) is 0.774. The normalized spacial score (nSPS) is 15.2. The van der Waals surface area contributed by atoms with Crippen LogP contribution in [-0.4, -0.2) is 14.2 Å². The third kappa shape index (κ3) is 1.43. The standard InChI is InChI=1S/C12H12N2O2/c15-11-5-3-10(4-6-11)14-8-7-13(12(14)16)9-1-2-9/h3-9,15H,1-2H2. The molecule has 1 aromatic carbocycles. The van der Waals surface area contributed by atoms with E-state index in [1.807, 2.05) is 6.20 Å². The summed E-state index contributed by atoms with van der Waals surface area (Å²) in [6, 6.07) is 7.01. The number of aromatic hydroxyl groups is 1. The van der Waals surface area contributed by atoms with Gasteiger partial charge in [-0.05, 0) is 37.1 Å². The molecule has 82 valence electrons. The lowest BCUT2D eigenvalue weighted by Crippen LogP contribution is -2.22. The van der Waals surface area contributed by atoms with Crippen LogP contribution in [0.25, 0.3) is 5.69 Å². The highest BCUT2D eigenvalue weighted by Crippen LogP contribution is 2.33. The summed E-state index contributed by atoms with van der Waals surface area (Å²) in [5.74, 6) is 0.207. The second-order valence-electron chi connectivity index (χ2n) is 4.11. The van der Waals surface area contributed by atoms with Crippen molar-refractivity contribution in [2.75, 3.05) is 0 Å². The molecule has 1 aliphatic rings. The SMILES string of the molecule is O=c1n(-c2ccc(O)cc2)ccn1C1CC1. The molecule has 0 atom stereocenters. The van der Waals surface area contributed by atoms with Crippen molar-refractivity contribution in [1.82, 2.24) is 9.13 Å². The van der Waals surface area contributed by atoms with Gasteiger partial charge in [0.25, 0.3) is 0 Å². The first-order chi connectivity index (χ1) is 7.75. The first kappa shape index (κ1) is 9.27. The minimum absolute atomic E-state index is 0.00631. The first-order valence-electron chi connectivity index (χ1n) is 5.34. The van der Waals surface area contributed by atoms with Gasteiger partial charge in [-0.15, -0.1) is 0 Å². The third-order valence-electron chi connectivity index (χ3n) is 2.87. The molecule has 0 unspecified atom stereocenters. The summed E-state index contributed by atoms with van der Waals surface area (Å²) >= 11 is 0. The Morgan fingerprint density at radius 3 is 2.44 bits per heavy atom. The van der Waals surface area contributed by atoms with Crippen molar-refractivity contribution in [2.24, 2.45) is 0 Å². The molecular formula is C12H12N2O2. The summed E-state index contributed by atoms with van der Waals surface area (Å²) in [6.45, 7) is 0. The molecule has 16 heavy (non-hydrogen) atoms. The zero-order chi connectivity index (χ0) is 11.1. The van der Waals surface area contributed by atoms with Gasteiger partial charge < -0.3 is 5.11 Å². The molecule has 4 nitrogen and oxygen atoms in total. The average molecular weight is 216 g/mol. The summed E-state index contributed by atoms with van der Waals surface area (Å²) in [4.78, 5) is 12.0. The molecule has 0 radical (unpaired) electrons. The van der Waals surface area contributed by atoms with Crippen LogP contribution in [-0.2, 0) is 0 Å². The summed E-state index contributed by atoms with van der Waals surface area (Å²) in [5, 5.41) is 9.18. The lowest BCUT2D eigenvalue weighted by molar-refractivity contribution is 0.475. The Morgan fingerprint density at radius 1 is 1.12 bits per heavy atom. The van der Waals surface area contributed by atoms with Crippen LogP contribution in [0.2, 0.25) is 0 Å². The van der Waals surface area contributed by atoms with E-state index in [1.165, 1.54) is 0 Å². The van der Waals surface area contributed by atoms with Gasteiger partial charge in [-0.3, -0.25) is 9.13 Å². The maximum atomic E-state index is 12.0. The largest absolute Gasteiger partial charge is 0.508 e. The molecule has 0 amide bonds. The predicted molar refractivity (Wildman–Crippen MR) is 60.0 cm³/mol. The van der Waals surface area contributed by atoms with Crippen LogP contribution in [0.15, 0.2) is 41.5 Å². The van der Waals surface area contributed by atoms with Gasteiger partial charge in [-0.2, -0.15) is 0 Å². The van der Waals surface area contributed by atoms with Gasteiger partial charge in [0.15, 0.2) is 0 Å². The van der Waals surface area contributed by atoms with Crippen molar-refractivity contribution in [1.29, 1.82) is 0 Å². The number of hydrogen-bond acceptors (Lipinski definition) is 2. The molecule has 1 saturated carbocycles. The topological polar surface area (TPSA) is 47.2 Å². The van der Waals surface area contributed by atoms with Crippen LogP contribution in [0.5, 0.6) is 5.75 Å². The lowest BCUT2D eigenvalue weighted by atomic mass is 10.3. The van der Waals surface area contributed by atoms with Crippen LogP contribution in [0.1, 0.15) is 18.9 Å². The minimum Gasteiger partial charge on any atom is -0.508 e. The summed E-state index contributed by atoms with van der Waals surface area (Å²) in [7, 11) is 0. The van der Waals surface area contributed by atoms with Crippen molar-refractivity contribution in [3.05, 3.63) is 47.1 Å². The van der Waals surface area contributed by atoms with E-state index in [4.69, 9.17) is 0 Å². The molecule has 0 aliphatic heterocycles. The van der Waals surface area contributed by atoms with Crippen molar-refractivity contribution in [3.63, 3.8) is 0 Å². The molecule has 1 N–H and O–H groups in total. The van der Waals surface area contributed by atoms with Gasteiger partial charge in [-0.25, -0.2) is 4.79 Å². The predicted octanol–water partition coefficient (Wildman–Crippen LogP) is 1.68. The fourth-order valence-corrected chi connectivity index (χ4v) is 1.83. The van der Waals surface area contributed by atoms with Crippen LogP contribution >= 0.6 is 0 Å². The molecule has 0 spiro atoms. The number of aromatic nitrogens is 2. The summed E-state index contributed by atoms with van der Waals surface area (Å²) in [6.07, 6.45) is 5.79. The first-order valence-corrected chi connectivity index (χ1v) is 5.34. The maximum Gasteiger partial charge on any atom is 0.332 e. The highest BCUT2D eigenvalue weighted by Gasteiger charge is 2.25. The number of benzene rings is 1. The molecule has 0 saturated heterocycles. The van der Waals surface area contributed by atoms with E-state index >= 15 is 0 Å². The highest BCUT2D eigenvalue weighted by atomic mass is 16.3. The molecule has 1 aliphatic carbocycles. The quantitative estimate of drug-likeness (QED) is 0.830. The van der Waals surface area contributed by atoms with Crippen LogP contribution < -0.4 is 5.69 Å². The van der Waals surface area contributed by atoms with E-state index < -0.39 is 0 Å². The van der Waals surface area contributed by atoms with E-state index in [9.17, 15) is 9.90 Å². The number of nitrogens with zero attached hydrogens (tertiary/aromatic N) is 2. The molecule has 3 rings (SSSR count). The number of phenols is 1. The number of imidazole rings is 1. The Hall–Kier alpha value is -1.97. The zero-order valence-corrected chi connectivity index (χ0v) is 8.71. The van der Waals surface area contributed by atoms with Gasteiger partial charge in [0.1, 0.15) is 5.75 Å². The Labute approximate surface area is 92.4 Å². The third-order valence-corrected chi connectivity index (χ3v) is 2.87. The van der Waals surface area contributed by atoms with Crippen molar-refractivity contribution < 1.29 is 5.11 Å². The molecule has 0 bridgehead atoms. The Morgan fingerprint density at radius 2 is 1.81 bits per heavy atom. The van der Waals surface area contributed by atoms with Gasteiger partial charge >= 0.3 is 5.69 Å². The van der Waals surface area contributed by atoms with Crippen LogP contribution in [0, 0.1) is 0 Å². The molecule has 2 aromatic rings. The van der Waals surface area contributed by atoms with E-state index in [0.29, 0.717) is 6.04 Å². The highest BCUT2D eigenvalue weighted by molar-refractivity contribution is 5.36. The van der Waals surface area contributed by atoms with E-state index in [-0.39, 0.29) is 11.4 Å². The molecule has 4 heteroatoms. The van der Waals surface area contributed by atoms with Gasteiger partial charge in [0.05, 0.1) is 5.69 Å². The molecule has 1 heterocycles. The van der Waals surface area contributed by atoms with Crippen molar-refractivity contribution in [2.45, 2.75) is 18.9 Å². The Bertz CT molecular complexity index is 561. The smallest absolute Gasteiger partial charge is 0.332 e. The fraction of sp³-hybridized carbons (Fsp3) is 0.250. The minimum atomic E-state index is -0.00631. The lowest BCUT2D eigenvalue weighted by Gasteiger charge is -2.01. The fourth-order valence-electron chi connectivity index (χ4n) is 1.83. The number of phenolic OH excluding ortho intramolecular Hbond substituents is 1. The van der Waals surface area contributed by atoms with E-state index in [2.05, 4.69) is 0 Å². The van der Waals surface area contributed by atoms with Crippen LogP contribution in [0.3, 0.4) is 0 Å². The summed E-state index contributed by atoms with van der Waals surface area (Å²) < 4.78 is 3.37. The maximum absolute atomic E-state index is 12.0. The van der Waals surface area contributed by atoms with Gasteiger partial charge in [0, 0.05) is 18.4 Å². The number of rotatable bonds is 2. The van der Waals surface area contributed by atoms with Crippen LogP contribution in [0.4, 0.5) is 0 Å². The molecule has 1 fully saturated rings. The van der Waals surface area contributed by atoms with Crippen molar-refractivity contribution >= 4 is 0 Å². The van der Waals surface area contributed by atoms with Gasteiger partial charge in [0.2, 0.25) is 0 Å². The zero-order valence-electron chi connectivity index (χ0n) is 8.71. The van der Waals surface area contributed by atoms with E-state index in [1.54, 1.807) is 39.6 Å². The molecular weight excluding hydrogens is 204 g/mol. The average Bonchev–Trinajstić information content (AvgIpc) is 3.05. The second kappa shape index (κ2) is 3.27. The van der Waals surface area contributed by atoms with E-state index in [0.717, 1.165) is 18.5 Å². The number of hydrogen-bond donors (Lipinski definition) is 1.